The van der Waals surface area contributed by atoms with Gasteiger partial charge >= 0.3 is 5.97 Å². The molecule has 4 nitrogen and oxygen atoms in total. The quantitative estimate of drug-likeness (QED) is 0.517. The molecule has 0 atom stereocenters. The number of carbonyl (C=O) groups excluding carboxylic acids is 2. The average Bonchev–Trinajstić information content (AvgIpc) is 2.17. The number of ketones is 1. The van der Waals surface area contributed by atoms with Crippen LogP contribution in [0.15, 0.2) is 18.2 Å². The van der Waals surface area contributed by atoms with Gasteiger partial charge in [0.1, 0.15) is 11.5 Å². The summed E-state index contributed by atoms with van der Waals surface area (Å²) in [6.45, 7) is 1.71. The van der Waals surface area contributed by atoms with E-state index in [1.165, 1.54) is 6.92 Å². The van der Waals surface area contributed by atoms with Crippen molar-refractivity contribution in [2.24, 2.45) is 0 Å². The van der Waals surface area contributed by atoms with Crippen molar-refractivity contribution in [3.05, 3.63) is 23.8 Å². The Morgan fingerprint density at radius 2 is 2.27 bits per heavy atom. The van der Waals surface area contributed by atoms with Gasteiger partial charge in [0.05, 0.1) is 12.2 Å². The highest BCUT2D eigenvalue weighted by molar-refractivity contribution is 5.99. The van der Waals surface area contributed by atoms with Crippen LogP contribution in [0.5, 0.6) is 11.5 Å². The highest BCUT2D eigenvalue weighted by Gasteiger charge is 2.18. The van der Waals surface area contributed by atoms with Gasteiger partial charge < -0.3 is 9.47 Å². The number of ether oxygens (including phenoxy) is 2. The van der Waals surface area contributed by atoms with E-state index in [0.717, 1.165) is 0 Å². The molecule has 0 radical (unpaired) electrons. The molecular formula is C11H10O4. The first-order valence-electron chi connectivity index (χ1n) is 4.65. The zero-order valence-corrected chi connectivity index (χ0v) is 8.28. The van der Waals surface area contributed by atoms with E-state index in [2.05, 4.69) is 0 Å². The van der Waals surface area contributed by atoms with Crippen molar-refractivity contribution in [1.29, 1.82) is 0 Å². The third kappa shape index (κ3) is 1.98. The third-order valence-electron chi connectivity index (χ3n) is 2.10. The molecule has 0 spiro atoms. The molecule has 0 bridgehead atoms. The summed E-state index contributed by atoms with van der Waals surface area (Å²) in [7, 11) is 0. The first-order chi connectivity index (χ1) is 7.16. The monoisotopic (exact) mass is 206 g/mol. The second-order valence-corrected chi connectivity index (χ2v) is 3.27. The van der Waals surface area contributed by atoms with Gasteiger partial charge in [-0.05, 0) is 12.1 Å². The molecule has 0 aromatic heterocycles. The molecule has 4 heteroatoms. The normalized spacial score (nSPS) is 14.1. The highest BCUT2D eigenvalue weighted by Crippen LogP contribution is 2.28. The van der Waals surface area contributed by atoms with Gasteiger partial charge in [0.2, 0.25) is 0 Å². The Balaban J connectivity index is 2.33. The fraction of sp³-hybridized carbons (Fsp3) is 0.273. The fourth-order valence-corrected chi connectivity index (χ4v) is 1.47. The first kappa shape index (κ1) is 9.71. The molecule has 0 amide bonds. The minimum absolute atomic E-state index is 0.0608. The first-order valence-corrected chi connectivity index (χ1v) is 4.65. The number of fused-ring (bicyclic) bond motifs is 1. The Labute approximate surface area is 86.8 Å². The Hall–Kier alpha value is -1.84. The Morgan fingerprint density at radius 1 is 1.47 bits per heavy atom. The molecule has 1 heterocycles. The summed E-state index contributed by atoms with van der Waals surface area (Å²) in [5.74, 6) is 0.559. The van der Waals surface area contributed by atoms with Crippen molar-refractivity contribution in [3.63, 3.8) is 0 Å². The molecule has 0 saturated heterocycles. The predicted molar refractivity (Wildman–Crippen MR) is 52.2 cm³/mol. The number of benzene rings is 1. The standard InChI is InChI=1S/C11H10O4/c1-7(12)15-8-2-3-9-10(13)4-5-14-11(9)6-8/h2-3,6H,4-5H2,1H3. The van der Waals surface area contributed by atoms with Gasteiger partial charge in [0, 0.05) is 19.4 Å². The van der Waals surface area contributed by atoms with E-state index in [-0.39, 0.29) is 5.78 Å². The molecule has 1 aliphatic heterocycles. The fourth-order valence-electron chi connectivity index (χ4n) is 1.47. The van der Waals surface area contributed by atoms with Gasteiger partial charge in [-0.1, -0.05) is 0 Å². The van der Waals surface area contributed by atoms with Gasteiger partial charge in [0.25, 0.3) is 0 Å². The maximum Gasteiger partial charge on any atom is 0.308 e. The van der Waals surface area contributed by atoms with Crippen molar-refractivity contribution in [1.82, 2.24) is 0 Å². The van der Waals surface area contributed by atoms with Gasteiger partial charge in [-0.2, -0.15) is 0 Å². The molecule has 0 fully saturated rings. The smallest absolute Gasteiger partial charge is 0.308 e. The second-order valence-electron chi connectivity index (χ2n) is 3.27. The highest BCUT2D eigenvalue weighted by atomic mass is 16.5. The molecule has 0 N–H and O–H groups in total. The van der Waals surface area contributed by atoms with E-state index in [0.29, 0.717) is 30.1 Å². The molecule has 15 heavy (non-hydrogen) atoms. The van der Waals surface area contributed by atoms with Crippen LogP contribution in [-0.4, -0.2) is 18.4 Å². The van der Waals surface area contributed by atoms with Crippen molar-refractivity contribution < 1.29 is 19.1 Å². The van der Waals surface area contributed by atoms with Gasteiger partial charge in [-0.3, -0.25) is 9.59 Å². The van der Waals surface area contributed by atoms with E-state index in [9.17, 15) is 9.59 Å². The molecule has 2 rings (SSSR count). The zero-order valence-electron chi connectivity index (χ0n) is 8.28. The summed E-state index contributed by atoms with van der Waals surface area (Å²) in [6.07, 6.45) is 0.403. The van der Waals surface area contributed by atoms with Gasteiger partial charge in [-0.15, -0.1) is 0 Å². The number of Topliss-reactive ketones (excluding diaryl/α,β-unsaturated/α-hetero) is 1. The van der Waals surface area contributed by atoms with Crippen LogP contribution < -0.4 is 9.47 Å². The average molecular weight is 206 g/mol. The summed E-state index contributed by atoms with van der Waals surface area (Å²) in [5, 5.41) is 0. The number of hydrogen-bond acceptors (Lipinski definition) is 4. The topological polar surface area (TPSA) is 52.6 Å². The van der Waals surface area contributed by atoms with Crippen LogP contribution in [0, 0.1) is 0 Å². The Morgan fingerprint density at radius 3 is 3.00 bits per heavy atom. The summed E-state index contributed by atoms with van der Waals surface area (Å²) in [5.41, 5.74) is 0.553. The predicted octanol–water partition coefficient (Wildman–Crippen LogP) is 1.58. The van der Waals surface area contributed by atoms with Gasteiger partial charge in [-0.25, -0.2) is 0 Å². The van der Waals surface area contributed by atoms with Crippen molar-refractivity contribution in [2.45, 2.75) is 13.3 Å². The van der Waals surface area contributed by atoms with Crippen LogP contribution in [0.1, 0.15) is 23.7 Å². The molecule has 0 unspecified atom stereocenters. The molecule has 0 saturated carbocycles. The SMILES string of the molecule is CC(=O)Oc1ccc2c(c1)OCCC2=O. The van der Waals surface area contributed by atoms with E-state index in [1.807, 2.05) is 0 Å². The minimum atomic E-state index is -0.392. The Bertz CT molecular complexity index is 423. The van der Waals surface area contributed by atoms with Crippen LogP contribution in [-0.2, 0) is 4.79 Å². The van der Waals surface area contributed by atoms with Crippen LogP contribution in [0.25, 0.3) is 0 Å². The van der Waals surface area contributed by atoms with Crippen molar-refractivity contribution >= 4 is 11.8 Å². The summed E-state index contributed by atoms with van der Waals surface area (Å²) in [6, 6.07) is 4.77. The van der Waals surface area contributed by atoms with E-state index in [4.69, 9.17) is 9.47 Å². The maximum atomic E-state index is 11.4. The number of rotatable bonds is 1. The van der Waals surface area contributed by atoms with E-state index in [1.54, 1.807) is 18.2 Å². The lowest BCUT2D eigenvalue weighted by molar-refractivity contribution is -0.131. The third-order valence-corrected chi connectivity index (χ3v) is 2.10. The van der Waals surface area contributed by atoms with Crippen LogP contribution >= 0.6 is 0 Å². The molecule has 1 aromatic rings. The van der Waals surface area contributed by atoms with Crippen LogP contribution in [0.3, 0.4) is 0 Å². The molecular weight excluding hydrogens is 196 g/mol. The number of esters is 1. The van der Waals surface area contributed by atoms with Crippen molar-refractivity contribution in [3.8, 4) is 11.5 Å². The second kappa shape index (κ2) is 3.73. The lowest BCUT2D eigenvalue weighted by Crippen LogP contribution is -2.15. The largest absolute Gasteiger partial charge is 0.492 e. The summed E-state index contributed by atoms with van der Waals surface area (Å²) in [4.78, 5) is 22.1. The number of carbonyl (C=O) groups is 2. The summed E-state index contributed by atoms with van der Waals surface area (Å²) >= 11 is 0. The number of hydrogen-bond donors (Lipinski definition) is 0. The molecule has 0 aliphatic carbocycles. The van der Waals surface area contributed by atoms with Crippen molar-refractivity contribution in [2.75, 3.05) is 6.61 Å². The summed E-state index contributed by atoms with van der Waals surface area (Å²) < 4.78 is 10.2. The lowest BCUT2D eigenvalue weighted by atomic mass is 10.1. The molecule has 1 aromatic carbocycles. The minimum Gasteiger partial charge on any atom is -0.492 e. The van der Waals surface area contributed by atoms with E-state index < -0.39 is 5.97 Å². The van der Waals surface area contributed by atoms with Crippen LogP contribution in [0.2, 0.25) is 0 Å². The molecule has 1 aliphatic rings. The lowest BCUT2D eigenvalue weighted by Gasteiger charge is -2.16. The zero-order chi connectivity index (χ0) is 10.8. The maximum absolute atomic E-state index is 11.4. The van der Waals surface area contributed by atoms with Crippen LogP contribution in [0.4, 0.5) is 0 Å². The van der Waals surface area contributed by atoms with Gasteiger partial charge in [0.15, 0.2) is 5.78 Å². The molecule has 78 valence electrons. The van der Waals surface area contributed by atoms with E-state index >= 15 is 0 Å². The Kier molecular flexibility index (Phi) is 2.41.